The van der Waals surface area contributed by atoms with Gasteiger partial charge in [-0.3, -0.25) is 14.9 Å². The molecule has 2 fully saturated rings. The van der Waals surface area contributed by atoms with E-state index in [1.807, 2.05) is 18.1 Å². The highest BCUT2D eigenvalue weighted by Gasteiger charge is 2.25. The highest BCUT2D eigenvalue weighted by Crippen LogP contribution is 2.33. The van der Waals surface area contributed by atoms with Gasteiger partial charge in [0, 0.05) is 75.7 Å². The minimum atomic E-state index is -0.427. The zero-order valence-corrected chi connectivity index (χ0v) is 21.7. The largest absolute Gasteiger partial charge is 0.368 e. The Morgan fingerprint density at radius 1 is 1.00 bits per heavy atom. The number of hydrogen-bond donors (Lipinski definition) is 1. The van der Waals surface area contributed by atoms with E-state index in [4.69, 9.17) is 23.2 Å². The van der Waals surface area contributed by atoms with Crippen molar-refractivity contribution in [3.05, 3.63) is 62.1 Å². The van der Waals surface area contributed by atoms with E-state index in [1.165, 1.54) is 12.1 Å². The molecule has 194 valence electrons. The lowest BCUT2D eigenvalue weighted by molar-refractivity contribution is -0.384. The van der Waals surface area contributed by atoms with Crippen molar-refractivity contribution in [3.8, 4) is 6.19 Å². The van der Waals surface area contributed by atoms with Gasteiger partial charge in [0.25, 0.3) is 11.6 Å². The van der Waals surface area contributed by atoms with Gasteiger partial charge < -0.3 is 24.9 Å². The monoisotopic (exact) mass is 544 g/mol. The van der Waals surface area contributed by atoms with Gasteiger partial charge in [0.1, 0.15) is 0 Å². The Labute approximate surface area is 224 Å². The van der Waals surface area contributed by atoms with Gasteiger partial charge in [0.15, 0.2) is 0 Å². The van der Waals surface area contributed by atoms with E-state index < -0.39 is 4.92 Å². The normalized spacial score (nSPS) is 16.9. The molecule has 1 N–H and O–H groups in total. The molecule has 0 saturated carbocycles. The summed E-state index contributed by atoms with van der Waals surface area (Å²) in [5, 5.41) is 23.8. The SMILES string of the molecule is CN1CCN(C(=O)c2cc(Cl)c(N/C(=N/C#N)N3CCN(c4ccc([N+](=O)[O-])cc4)CC3)c(Cl)c2)CC1. The summed E-state index contributed by atoms with van der Waals surface area (Å²) in [6.07, 6.45) is 1.82. The van der Waals surface area contributed by atoms with Crippen LogP contribution in [0.4, 0.5) is 17.1 Å². The molecule has 1 amide bonds. The van der Waals surface area contributed by atoms with Crippen LogP contribution in [0.25, 0.3) is 0 Å². The summed E-state index contributed by atoms with van der Waals surface area (Å²) < 4.78 is 0. The Kier molecular flexibility index (Phi) is 8.33. The minimum Gasteiger partial charge on any atom is -0.368 e. The summed E-state index contributed by atoms with van der Waals surface area (Å²) in [6, 6.07) is 9.56. The molecular formula is C24H26Cl2N8O3. The van der Waals surface area contributed by atoms with Gasteiger partial charge in [0.05, 0.1) is 20.7 Å². The summed E-state index contributed by atoms with van der Waals surface area (Å²) >= 11 is 13.0. The zero-order chi connectivity index (χ0) is 26.5. The number of non-ortho nitro benzene ring substituents is 1. The summed E-state index contributed by atoms with van der Waals surface area (Å²) in [4.78, 5) is 35.3. The van der Waals surface area contributed by atoms with Crippen molar-refractivity contribution in [1.82, 2.24) is 14.7 Å². The fourth-order valence-corrected chi connectivity index (χ4v) is 4.89. The van der Waals surface area contributed by atoms with E-state index in [0.717, 1.165) is 18.8 Å². The van der Waals surface area contributed by atoms with Crippen molar-refractivity contribution >= 4 is 52.1 Å². The van der Waals surface area contributed by atoms with Gasteiger partial charge >= 0.3 is 0 Å². The van der Waals surface area contributed by atoms with Crippen molar-refractivity contribution in [2.45, 2.75) is 0 Å². The Hall–Kier alpha value is -3.59. The third-order valence-electron chi connectivity index (χ3n) is 6.48. The number of anilines is 2. The Balaban J connectivity index is 1.43. The number of benzene rings is 2. The van der Waals surface area contributed by atoms with Crippen LogP contribution in [0, 0.1) is 21.6 Å². The molecule has 2 aromatic rings. The maximum atomic E-state index is 13.0. The molecule has 0 aliphatic carbocycles. The smallest absolute Gasteiger partial charge is 0.269 e. The third kappa shape index (κ3) is 6.22. The average Bonchev–Trinajstić information content (AvgIpc) is 2.90. The molecule has 0 atom stereocenters. The fraction of sp³-hybridized carbons (Fsp3) is 0.375. The first-order chi connectivity index (χ1) is 17.8. The number of carbonyl (C=O) groups is 1. The highest BCUT2D eigenvalue weighted by molar-refractivity contribution is 6.40. The Bertz CT molecular complexity index is 1210. The first-order valence-corrected chi connectivity index (χ1v) is 12.5. The molecule has 37 heavy (non-hydrogen) atoms. The van der Waals surface area contributed by atoms with E-state index >= 15 is 0 Å². The van der Waals surface area contributed by atoms with E-state index in [0.29, 0.717) is 56.5 Å². The number of rotatable bonds is 4. The van der Waals surface area contributed by atoms with Gasteiger partial charge in [-0.05, 0) is 31.3 Å². The second-order valence-electron chi connectivity index (χ2n) is 8.82. The summed E-state index contributed by atoms with van der Waals surface area (Å²) in [6.45, 7) is 5.19. The molecule has 13 heteroatoms. The quantitative estimate of drug-likeness (QED) is 0.204. The van der Waals surface area contributed by atoms with E-state index in [2.05, 4.69) is 20.1 Å². The molecule has 0 radical (unpaired) electrons. The first-order valence-electron chi connectivity index (χ1n) is 11.7. The maximum absolute atomic E-state index is 13.0. The summed E-state index contributed by atoms with van der Waals surface area (Å²) in [7, 11) is 2.02. The van der Waals surface area contributed by atoms with Crippen LogP contribution in [0.15, 0.2) is 41.4 Å². The van der Waals surface area contributed by atoms with E-state index in [1.54, 1.807) is 29.2 Å². The number of halogens is 2. The van der Waals surface area contributed by atoms with Crippen molar-refractivity contribution in [3.63, 3.8) is 0 Å². The Morgan fingerprint density at radius 2 is 1.57 bits per heavy atom. The van der Waals surface area contributed by atoms with Gasteiger partial charge in [-0.2, -0.15) is 5.26 Å². The molecule has 2 saturated heterocycles. The van der Waals surface area contributed by atoms with Crippen molar-refractivity contribution in [2.24, 2.45) is 4.99 Å². The minimum absolute atomic E-state index is 0.0417. The standard InChI is InChI=1S/C24H26Cl2N8O3/c1-30-6-8-32(9-7-30)23(35)17-14-20(25)22(21(26)15-17)29-24(28-16-27)33-12-10-31(11-13-33)18-2-4-19(5-3-18)34(36)37/h2-5,14-15H,6-13H2,1H3,(H,28,29). The van der Waals surface area contributed by atoms with Crippen LogP contribution < -0.4 is 10.2 Å². The molecule has 2 aromatic carbocycles. The zero-order valence-electron chi connectivity index (χ0n) is 20.2. The molecular weight excluding hydrogens is 519 g/mol. The topological polar surface area (TPSA) is 121 Å². The van der Waals surface area contributed by atoms with Crippen LogP contribution in [0.1, 0.15) is 10.4 Å². The second kappa shape index (κ2) is 11.6. The molecule has 0 unspecified atom stereocenters. The number of nitriles is 1. The molecule has 2 heterocycles. The second-order valence-corrected chi connectivity index (χ2v) is 9.63. The van der Waals surface area contributed by atoms with Crippen molar-refractivity contribution in [1.29, 1.82) is 5.26 Å². The van der Waals surface area contributed by atoms with Crippen LogP contribution in [-0.4, -0.2) is 90.9 Å². The molecule has 4 rings (SSSR count). The van der Waals surface area contributed by atoms with Crippen LogP contribution in [0.2, 0.25) is 10.0 Å². The number of piperazine rings is 2. The maximum Gasteiger partial charge on any atom is 0.269 e. The van der Waals surface area contributed by atoms with Crippen LogP contribution in [-0.2, 0) is 0 Å². The molecule has 0 spiro atoms. The highest BCUT2D eigenvalue weighted by atomic mass is 35.5. The van der Waals surface area contributed by atoms with Gasteiger partial charge in [-0.15, -0.1) is 4.99 Å². The number of carbonyl (C=O) groups excluding carboxylic acids is 1. The fourth-order valence-electron chi connectivity index (χ4n) is 4.31. The number of aliphatic imine (C=N–C) groups is 1. The van der Waals surface area contributed by atoms with Crippen LogP contribution >= 0.6 is 23.2 Å². The summed E-state index contributed by atoms with van der Waals surface area (Å²) in [5.41, 5.74) is 1.69. The number of nitro benzene ring substituents is 1. The predicted molar refractivity (Wildman–Crippen MR) is 143 cm³/mol. The number of hydrogen-bond acceptors (Lipinski definition) is 7. The molecule has 0 aromatic heterocycles. The molecule has 0 bridgehead atoms. The number of nitrogens with one attached hydrogen (secondary N) is 1. The lowest BCUT2D eigenvalue weighted by Crippen LogP contribution is -2.50. The predicted octanol–water partition coefficient (Wildman–Crippen LogP) is 3.36. The lowest BCUT2D eigenvalue weighted by Gasteiger charge is -2.37. The number of nitro groups is 1. The van der Waals surface area contributed by atoms with E-state index in [-0.39, 0.29) is 21.6 Å². The van der Waals surface area contributed by atoms with E-state index in [9.17, 15) is 20.2 Å². The molecule has 11 nitrogen and oxygen atoms in total. The van der Waals surface area contributed by atoms with Gasteiger partial charge in [0.2, 0.25) is 12.2 Å². The lowest BCUT2D eigenvalue weighted by atomic mass is 10.1. The molecule has 2 aliphatic rings. The number of likely N-dealkylation sites (N-methyl/N-ethyl adjacent to an activating group) is 1. The Morgan fingerprint density at radius 3 is 2.11 bits per heavy atom. The van der Waals surface area contributed by atoms with Crippen molar-refractivity contribution in [2.75, 3.05) is 69.6 Å². The first kappa shape index (κ1) is 26.5. The molecule has 2 aliphatic heterocycles. The number of amides is 1. The van der Waals surface area contributed by atoms with Crippen LogP contribution in [0.3, 0.4) is 0 Å². The van der Waals surface area contributed by atoms with Crippen LogP contribution in [0.5, 0.6) is 0 Å². The number of nitrogens with zero attached hydrogens (tertiary/aromatic N) is 7. The van der Waals surface area contributed by atoms with Gasteiger partial charge in [-0.25, -0.2) is 0 Å². The van der Waals surface area contributed by atoms with Gasteiger partial charge in [-0.1, -0.05) is 23.2 Å². The number of guanidine groups is 1. The van der Waals surface area contributed by atoms with Crippen molar-refractivity contribution < 1.29 is 9.72 Å². The summed E-state index contributed by atoms with van der Waals surface area (Å²) in [5.74, 6) is 0.171. The average molecular weight is 545 g/mol. The third-order valence-corrected chi connectivity index (χ3v) is 7.07.